The Morgan fingerprint density at radius 3 is 2.41 bits per heavy atom. The predicted octanol–water partition coefficient (Wildman–Crippen LogP) is 0.150. The number of rotatable bonds is 6. The van der Waals surface area contributed by atoms with Crippen molar-refractivity contribution in [2.45, 2.75) is 31.4 Å². The number of carbonyl (C=O) groups is 4. The zero-order valence-electron chi connectivity index (χ0n) is 21.9. The second kappa shape index (κ2) is 9.74. The van der Waals surface area contributed by atoms with Gasteiger partial charge in [0.2, 0.25) is 11.7 Å². The van der Waals surface area contributed by atoms with Crippen LogP contribution in [0.1, 0.15) is 29.3 Å². The molecule has 2 amide bonds. The van der Waals surface area contributed by atoms with E-state index in [-0.39, 0.29) is 30.6 Å². The SMILES string of the molecule is CCN(C)CC(=O)Nc1cc(F)c2c(c1O)C(=O)C1=C(O)[C@]3(O)C(=O)C(C(N)=O)=C(O)[C@@H](N(C)C)[C@@H]3C[C@@H]1C2. The molecule has 0 heterocycles. The first-order chi connectivity index (χ1) is 18.2. The van der Waals surface area contributed by atoms with Crippen LogP contribution in [-0.2, 0) is 20.8 Å². The lowest BCUT2D eigenvalue weighted by molar-refractivity contribution is -0.148. The fourth-order valence-corrected chi connectivity index (χ4v) is 5.92. The summed E-state index contributed by atoms with van der Waals surface area (Å²) in [6, 6.07) is -0.244. The minimum atomic E-state index is -2.80. The highest BCUT2D eigenvalue weighted by Crippen LogP contribution is 2.53. The topological polar surface area (TPSA) is 194 Å². The second-order valence-electron chi connectivity index (χ2n) is 10.4. The molecule has 1 aromatic carbocycles. The van der Waals surface area contributed by atoms with Gasteiger partial charge in [0.05, 0.1) is 23.8 Å². The summed E-state index contributed by atoms with van der Waals surface area (Å²) in [6.07, 6.45) is -0.353. The Kier molecular flexibility index (Phi) is 7.04. The number of carbonyl (C=O) groups excluding carboxylic acids is 4. The number of nitrogens with one attached hydrogen (secondary N) is 1. The van der Waals surface area contributed by atoms with Crippen LogP contribution in [0, 0.1) is 17.7 Å². The Hall–Kier alpha value is -3.81. The van der Waals surface area contributed by atoms with Crippen LogP contribution in [0.15, 0.2) is 28.7 Å². The first-order valence-electron chi connectivity index (χ1n) is 12.3. The molecule has 1 aromatic rings. The van der Waals surface area contributed by atoms with Gasteiger partial charge in [-0.2, -0.15) is 0 Å². The maximum absolute atomic E-state index is 15.3. The minimum Gasteiger partial charge on any atom is -0.510 e. The van der Waals surface area contributed by atoms with Crippen molar-refractivity contribution in [2.24, 2.45) is 17.6 Å². The van der Waals surface area contributed by atoms with Crippen molar-refractivity contribution < 1.29 is 44.0 Å². The molecule has 0 aliphatic heterocycles. The van der Waals surface area contributed by atoms with Crippen molar-refractivity contribution in [2.75, 3.05) is 39.5 Å². The Balaban J connectivity index is 1.85. The number of primary amides is 1. The number of likely N-dealkylation sites (N-methyl/N-ethyl adjacent to an activating group) is 2. The van der Waals surface area contributed by atoms with Crippen molar-refractivity contribution in [3.63, 3.8) is 0 Å². The van der Waals surface area contributed by atoms with Crippen LogP contribution in [-0.4, -0.2) is 99.5 Å². The van der Waals surface area contributed by atoms with E-state index in [2.05, 4.69) is 5.32 Å². The van der Waals surface area contributed by atoms with E-state index in [4.69, 9.17) is 5.73 Å². The van der Waals surface area contributed by atoms with Gasteiger partial charge in [0.25, 0.3) is 5.91 Å². The predicted molar refractivity (Wildman–Crippen MR) is 135 cm³/mol. The molecule has 0 radical (unpaired) electrons. The smallest absolute Gasteiger partial charge is 0.255 e. The van der Waals surface area contributed by atoms with E-state index in [0.29, 0.717) is 6.54 Å². The summed E-state index contributed by atoms with van der Waals surface area (Å²) in [4.78, 5) is 54.4. The van der Waals surface area contributed by atoms with Crippen LogP contribution < -0.4 is 11.1 Å². The number of aliphatic hydroxyl groups is 3. The number of aromatic hydroxyl groups is 1. The molecule has 0 bridgehead atoms. The number of nitrogens with two attached hydrogens (primary N) is 1. The molecule has 0 saturated carbocycles. The highest BCUT2D eigenvalue weighted by atomic mass is 19.1. The summed E-state index contributed by atoms with van der Waals surface area (Å²) in [5.74, 6) is -9.77. The number of benzene rings is 1. The van der Waals surface area contributed by atoms with Gasteiger partial charge >= 0.3 is 0 Å². The summed E-state index contributed by atoms with van der Waals surface area (Å²) < 4.78 is 15.3. The van der Waals surface area contributed by atoms with Gasteiger partial charge in [-0.3, -0.25) is 29.0 Å². The molecule has 39 heavy (non-hydrogen) atoms. The number of aliphatic hydroxyl groups excluding tert-OH is 2. The number of allylic oxidation sites excluding steroid dienone is 1. The first-order valence-corrected chi connectivity index (χ1v) is 12.3. The van der Waals surface area contributed by atoms with Crippen LogP contribution in [0.4, 0.5) is 10.1 Å². The minimum absolute atomic E-state index is 0.0667. The van der Waals surface area contributed by atoms with Gasteiger partial charge in [-0.15, -0.1) is 0 Å². The number of halogens is 1. The number of Topliss-reactive ketones (excluding diaryl/α,β-unsaturated/α-hetero) is 2. The molecular weight excluding hydrogens is 515 g/mol. The van der Waals surface area contributed by atoms with E-state index in [1.807, 2.05) is 6.92 Å². The summed E-state index contributed by atoms with van der Waals surface area (Å²) in [7, 11) is 4.71. The Bertz CT molecular complexity index is 1370. The van der Waals surface area contributed by atoms with E-state index in [9.17, 15) is 39.6 Å². The van der Waals surface area contributed by atoms with E-state index in [1.165, 1.54) is 19.0 Å². The van der Waals surface area contributed by atoms with Gasteiger partial charge in [0.15, 0.2) is 17.1 Å². The zero-order valence-corrected chi connectivity index (χ0v) is 21.9. The Labute approximate surface area is 223 Å². The number of amides is 2. The number of hydrogen-bond donors (Lipinski definition) is 6. The van der Waals surface area contributed by atoms with Gasteiger partial charge in [-0.1, -0.05) is 6.92 Å². The fourth-order valence-electron chi connectivity index (χ4n) is 5.92. The van der Waals surface area contributed by atoms with E-state index < -0.39 is 86.7 Å². The average molecular weight is 547 g/mol. The number of ketones is 2. The van der Waals surface area contributed by atoms with E-state index >= 15 is 4.39 Å². The third-order valence-electron chi connectivity index (χ3n) is 7.90. The summed E-state index contributed by atoms with van der Waals surface area (Å²) >= 11 is 0. The number of anilines is 1. The lowest BCUT2D eigenvalue weighted by Crippen LogP contribution is -2.63. The molecule has 3 aliphatic carbocycles. The van der Waals surface area contributed by atoms with Crippen molar-refractivity contribution in [3.8, 4) is 5.75 Å². The summed E-state index contributed by atoms with van der Waals surface area (Å²) in [5, 5.41) is 46.9. The third kappa shape index (κ3) is 4.17. The summed E-state index contributed by atoms with van der Waals surface area (Å²) in [5.41, 5.74) is 0.143. The standard InChI is InChI=1S/C26H31FN4O8/c1-5-31(4)9-15(32)29-14-8-13(27)11-6-10-7-12-19(30(2)3)22(35)18(25(28)38)24(37)26(12,39)23(36)16(10)21(34)17(11)20(14)33/h8,10,12,19,33,35-36,39H,5-7,9H2,1-4H3,(H2,28,38)(H,29,32)/t10-,12-,19-,26-/m0/s1. The molecule has 12 nitrogen and oxygen atoms in total. The largest absolute Gasteiger partial charge is 0.510 e. The number of phenols is 1. The normalized spacial score (nSPS) is 26.5. The van der Waals surface area contributed by atoms with Gasteiger partial charge in [-0.05, 0) is 46.4 Å². The van der Waals surface area contributed by atoms with Crippen molar-refractivity contribution in [3.05, 3.63) is 45.7 Å². The first kappa shape index (κ1) is 28.2. The van der Waals surface area contributed by atoms with Crippen LogP contribution >= 0.6 is 0 Å². The lowest BCUT2D eigenvalue weighted by Gasteiger charge is -2.50. The van der Waals surface area contributed by atoms with Crippen molar-refractivity contribution >= 4 is 29.1 Å². The summed E-state index contributed by atoms with van der Waals surface area (Å²) in [6.45, 7) is 2.30. The lowest BCUT2D eigenvalue weighted by atomic mass is 9.58. The number of fused-ring (bicyclic) bond motifs is 3. The van der Waals surface area contributed by atoms with E-state index in [1.54, 1.807) is 11.9 Å². The molecule has 3 aliphatic rings. The Morgan fingerprint density at radius 1 is 1.21 bits per heavy atom. The molecule has 13 heteroatoms. The van der Waals surface area contributed by atoms with Gasteiger partial charge in [-0.25, -0.2) is 4.39 Å². The van der Waals surface area contributed by atoms with Crippen molar-refractivity contribution in [1.82, 2.24) is 9.80 Å². The monoisotopic (exact) mass is 546 g/mol. The number of hydrogen-bond acceptors (Lipinski definition) is 10. The quantitative estimate of drug-likeness (QED) is 0.211. The molecule has 210 valence electrons. The molecule has 0 aromatic heterocycles. The molecular formula is C26H31FN4O8. The van der Waals surface area contributed by atoms with Crippen LogP contribution in [0.2, 0.25) is 0 Å². The third-order valence-corrected chi connectivity index (χ3v) is 7.90. The zero-order chi connectivity index (χ0) is 29.1. The van der Waals surface area contributed by atoms with Crippen molar-refractivity contribution in [1.29, 1.82) is 0 Å². The van der Waals surface area contributed by atoms with Gasteiger partial charge in [0.1, 0.15) is 22.9 Å². The fraction of sp³-hybridized carbons (Fsp3) is 0.462. The number of phenolic OH excluding ortho intramolecular Hbond substituents is 1. The molecule has 0 spiro atoms. The molecule has 7 N–H and O–H groups in total. The number of nitrogens with zero attached hydrogens (tertiary/aromatic N) is 2. The molecule has 0 saturated heterocycles. The molecule has 4 rings (SSSR count). The maximum atomic E-state index is 15.3. The van der Waals surface area contributed by atoms with Crippen LogP contribution in [0.5, 0.6) is 5.75 Å². The highest BCUT2D eigenvalue weighted by Gasteiger charge is 2.63. The van der Waals surface area contributed by atoms with Gasteiger partial charge in [0, 0.05) is 23.1 Å². The van der Waals surface area contributed by atoms with Crippen LogP contribution in [0.25, 0.3) is 0 Å². The average Bonchev–Trinajstić information content (AvgIpc) is 2.83. The molecule has 0 fully saturated rings. The van der Waals surface area contributed by atoms with Gasteiger partial charge < -0.3 is 31.5 Å². The molecule has 4 atom stereocenters. The second-order valence-corrected chi connectivity index (χ2v) is 10.4. The highest BCUT2D eigenvalue weighted by molar-refractivity contribution is 6.25. The van der Waals surface area contributed by atoms with Crippen LogP contribution in [0.3, 0.4) is 0 Å². The van der Waals surface area contributed by atoms with E-state index in [0.717, 1.165) is 6.07 Å². The maximum Gasteiger partial charge on any atom is 0.255 e. The Morgan fingerprint density at radius 2 is 1.85 bits per heavy atom. The molecule has 0 unspecified atom stereocenters.